The highest BCUT2D eigenvalue weighted by Gasteiger charge is 2.20. The molecule has 0 atom stereocenters. The highest BCUT2D eigenvalue weighted by Crippen LogP contribution is 2.35. The van der Waals surface area contributed by atoms with Crippen LogP contribution < -0.4 is 24.3 Å². The van der Waals surface area contributed by atoms with E-state index >= 15 is 0 Å². The van der Waals surface area contributed by atoms with Crippen molar-refractivity contribution in [3.63, 3.8) is 0 Å². The zero-order valence-electron chi connectivity index (χ0n) is 16.5. The second kappa shape index (κ2) is 9.50. The van der Waals surface area contributed by atoms with E-state index in [0.717, 1.165) is 5.56 Å². The van der Waals surface area contributed by atoms with Gasteiger partial charge in [0.15, 0.2) is 18.1 Å². The zero-order chi connectivity index (χ0) is 20.7. The summed E-state index contributed by atoms with van der Waals surface area (Å²) in [6, 6.07) is 8.30. The molecule has 0 fully saturated rings. The number of hydrogen-bond donors (Lipinski definition) is 1. The summed E-state index contributed by atoms with van der Waals surface area (Å²) in [4.78, 5) is 24.6. The van der Waals surface area contributed by atoms with Gasteiger partial charge in [0.2, 0.25) is 0 Å². The van der Waals surface area contributed by atoms with Crippen molar-refractivity contribution in [1.82, 2.24) is 0 Å². The molecule has 0 saturated carbocycles. The number of anilines is 1. The topological polar surface area (TPSA) is 92.3 Å². The Morgan fingerprint density at radius 1 is 0.821 bits per heavy atom. The second-order valence-electron chi connectivity index (χ2n) is 5.74. The van der Waals surface area contributed by atoms with Gasteiger partial charge in [-0.25, -0.2) is 4.79 Å². The van der Waals surface area contributed by atoms with Crippen LogP contribution in [0.4, 0.5) is 5.69 Å². The highest BCUT2D eigenvalue weighted by molar-refractivity contribution is 5.98. The van der Waals surface area contributed by atoms with Gasteiger partial charge in [0.1, 0.15) is 17.1 Å². The van der Waals surface area contributed by atoms with E-state index in [-0.39, 0.29) is 11.3 Å². The number of benzene rings is 2. The number of aryl methyl sites for hydroxylation is 1. The molecule has 0 aliphatic rings. The van der Waals surface area contributed by atoms with Gasteiger partial charge in [-0.15, -0.1) is 0 Å². The van der Waals surface area contributed by atoms with Crippen molar-refractivity contribution in [2.24, 2.45) is 0 Å². The van der Waals surface area contributed by atoms with Gasteiger partial charge in [0, 0.05) is 12.1 Å². The van der Waals surface area contributed by atoms with Crippen molar-refractivity contribution in [1.29, 1.82) is 0 Å². The maximum Gasteiger partial charge on any atom is 0.342 e. The minimum absolute atomic E-state index is 0.112. The molecule has 2 aromatic carbocycles. The van der Waals surface area contributed by atoms with Gasteiger partial charge in [0.05, 0.1) is 34.1 Å². The number of rotatable bonds is 8. The molecule has 1 N–H and O–H groups in total. The highest BCUT2D eigenvalue weighted by atomic mass is 16.5. The monoisotopic (exact) mass is 389 g/mol. The molecule has 1 amide bonds. The van der Waals surface area contributed by atoms with Gasteiger partial charge >= 0.3 is 5.97 Å². The molecule has 0 unspecified atom stereocenters. The Labute approximate surface area is 163 Å². The van der Waals surface area contributed by atoms with E-state index in [1.165, 1.54) is 40.6 Å². The molecule has 0 aliphatic heterocycles. The van der Waals surface area contributed by atoms with Crippen LogP contribution in [0.2, 0.25) is 0 Å². The van der Waals surface area contributed by atoms with Crippen LogP contribution in [0.5, 0.6) is 23.0 Å². The second-order valence-corrected chi connectivity index (χ2v) is 5.74. The van der Waals surface area contributed by atoms with Crippen LogP contribution in [-0.2, 0) is 9.53 Å². The Morgan fingerprint density at radius 3 is 2.04 bits per heavy atom. The number of carbonyl (C=O) groups is 2. The number of esters is 1. The van der Waals surface area contributed by atoms with Crippen molar-refractivity contribution in [3.05, 3.63) is 41.5 Å². The average molecular weight is 389 g/mol. The third-order valence-electron chi connectivity index (χ3n) is 3.89. The van der Waals surface area contributed by atoms with Gasteiger partial charge in [-0.1, -0.05) is 6.07 Å². The van der Waals surface area contributed by atoms with Crippen LogP contribution >= 0.6 is 0 Å². The normalized spacial score (nSPS) is 10.0. The van der Waals surface area contributed by atoms with Crippen LogP contribution in [0.1, 0.15) is 15.9 Å². The lowest BCUT2D eigenvalue weighted by atomic mass is 10.1. The summed E-state index contributed by atoms with van der Waals surface area (Å²) in [6.07, 6.45) is 0. The van der Waals surface area contributed by atoms with Crippen molar-refractivity contribution in [2.75, 3.05) is 40.4 Å². The molecule has 0 bridgehead atoms. The fourth-order valence-corrected chi connectivity index (χ4v) is 2.50. The lowest BCUT2D eigenvalue weighted by molar-refractivity contribution is -0.119. The van der Waals surface area contributed by atoms with Gasteiger partial charge in [-0.3, -0.25) is 4.79 Å². The Bertz CT molecular complexity index is 864. The lowest BCUT2D eigenvalue weighted by Crippen LogP contribution is -2.21. The summed E-state index contributed by atoms with van der Waals surface area (Å²) in [5.41, 5.74) is 1.55. The first-order valence-corrected chi connectivity index (χ1v) is 8.35. The lowest BCUT2D eigenvalue weighted by Gasteiger charge is -2.14. The van der Waals surface area contributed by atoms with E-state index in [0.29, 0.717) is 22.9 Å². The Kier molecular flexibility index (Phi) is 7.08. The molecule has 0 heterocycles. The third-order valence-corrected chi connectivity index (χ3v) is 3.89. The first-order chi connectivity index (χ1) is 13.4. The SMILES string of the molecule is COc1ccc(C)cc1NC(=O)COC(=O)c1cc(OC)c(OC)cc1OC. The fraction of sp³-hybridized carbons (Fsp3) is 0.300. The molecule has 0 aromatic heterocycles. The molecule has 150 valence electrons. The molecule has 0 spiro atoms. The standard InChI is InChI=1S/C20H23NO7/c1-12-6-7-15(24-2)14(8-12)21-19(22)11-28-20(23)13-9-17(26-4)18(27-5)10-16(13)25-3/h6-10H,11H2,1-5H3,(H,21,22). The predicted molar refractivity (Wildman–Crippen MR) is 103 cm³/mol. The molecular weight excluding hydrogens is 366 g/mol. The Morgan fingerprint density at radius 2 is 1.43 bits per heavy atom. The summed E-state index contributed by atoms with van der Waals surface area (Å²) in [5.74, 6) is 0.250. The summed E-state index contributed by atoms with van der Waals surface area (Å²) < 4.78 is 25.9. The van der Waals surface area contributed by atoms with Crippen LogP contribution in [0.3, 0.4) is 0 Å². The predicted octanol–water partition coefficient (Wildman–Crippen LogP) is 2.82. The molecule has 8 nitrogen and oxygen atoms in total. The van der Waals surface area contributed by atoms with E-state index in [4.69, 9.17) is 23.7 Å². The van der Waals surface area contributed by atoms with Crippen molar-refractivity contribution >= 4 is 17.6 Å². The molecule has 2 aromatic rings. The van der Waals surface area contributed by atoms with E-state index in [2.05, 4.69) is 5.32 Å². The smallest absolute Gasteiger partial charge is 0.342 e. The zero-order valence-corrected chi connectivity index (χ0v) is 16.5. The van der Waals surface area contributed by atoms with E-state index in [1.54, 1.807) is 12.1 Å². The largest absolute Gasteiger partial charge is 0.496 e. The molecule has 28 heavy (non-hydrogen) atoms. The summed E-state index contributed by atoms with van der Waals surface area (Å²) >= 11 is 0. The first kappa shape index (κ1) is 20.9. The molecule has 0 saturated heterocycles. The van der Waals surface area contributed by atoms with Crippen molar-refractivity contribution in [2.45, 2.75) is 6.92 Å². The number of ether oxygens (including phenoxy) is 5. The summed E-state index contributed by atoms with van der Waals surface area (Å²) in [7, 11) is 5.83. The van der Waals surface area contributed by atoms with E-state index in [9.17, 15) is 9.59 Å². The summed E-state index contributed by atoms with van der Waals surface area (Å²) in [6.45, 7) is 1.41. The Balaban J connectivity index is 2.10. The molecule has 0 radical (unpaired) electrons. The van der Waals surface area contributed by atoms with Gasteiger partial charge < -0.3 is 29.0 Å². The number of amides is 1. The maximum absolute atomic E-state index is 12.4. The van der Waals surface area contributed by atoms with Gasteiger partial charge in [0.25, 0.3) is 5.91 Å². The minimum atomic E-state index is -0.732. The Hall–Kier alpha value is -3.42. The molecule has 0 aliphatic carbocycles. The van der Waals surface area contributed by atoms with Crippen molar-refractivity contribution in [3.8, 4) is 23.0 Å². The average Bonchev–Trinajstić information content (AvgIpc) is 2.71. The van der Waals surface area contributed by atoms with Crippen LogP contribution in [-0.4, -0.2) is 46.9 Å². The quantitative estimate of drug-likeness (QED) is 0.694. The number of nitrogens with one attached hydrogen (secondary N) is 1. The van der Waals surface area contributed by atoms with Gasteiger partial charge in [-0.05, 0) is 24.6 Å². The first-order valence-electron chi connectivity index (χ1n) is 8.35. The van der Waals surface area contributed by atoms with Crippen LogP contribution in [0.15, 0.2) is 30.3 Å². The van der Waals surface area contributed by atoms with Gasteiger partial charge in [-0.2, -0.15) is 0 Å². The molecular formula is C20H23NO7. The van der Waals surface area contributed by atoms with Crippen molar-refractivity contribution < 1.29 is 33.3 Å². The third kappa shape index (κ3) is 4.85. The summed E-state index contributed by atoms with van der Waals surface area (Å²) in [5, 5.41) is 2.66. The van der Waals surface area contributed by atoms with E-state index < -0.39 is 18.5 Å². The van der Waals surface area contributed by atoms with Crippen LogP contribution in [0, 0.1) is 6.92 Å². The minimum Gasteiger partial charge on any atom is -0.496 e. The number of hydrogen-bond acceptors (Lipinski definition) is 7. The van der Waals surface area contributed by atoms with Crippen LogP contribution in [0.25, 0.3) is 0 Å². The number of methoxy groups -OCH3 is 4. The number of carbonyl (C=O) groups excluding carboxylic acids is 2. The molecule has 2 rings (SSSR count). The maximum atomic E-state index is 12.4. The molecule has 8 heteroatoms. The fourth-order valence-electron chi connectivity index (χ4n) is 2.50. The van der Waals surface area contributed by atoms with E-state index in [1.807, 2.05) is 13.0 Å².